The number of carbonyl (C=O) groups is 2. The highest BCUT2D eigenvalue weighted by molar-refractivity contribution is 7.99. The van der Waals surface area contributed by atoms with Crippen LogP contribution in [0.5, 0.6) is 0 Å². The van der Waals surface area contributed by atoms with E-state index in [1.165, 1.54) is 11.8 Å². The van der Waals surface area contributed by atoms with E-state index in [9.17, 15) is 9.59 Å². The van der Waals surface area contributed by atoms with Crippen LogP contribution in [0.1, 0.15) is 5.56 Å². The zero-order chi connectivity index (χ0) is 24.3. The van der Waals surface area contributed by atoms with Crippen LogP contribution in [0.2, 0.25) is 5.02 Å². The minimum absolute atomic E-state index is 0.205. The van der Waals surface area contributed by atoms with E-state index in [2.05, 4.69) is 10.3 Å². The highest BCUT2D eigenvalue weighted by atomic mass is 35.5. The van der Waals surface area contributed by atoms with Crippen LogP contribution in [-0.4, -0.2) is 42.1 Å². The third-order valence-corrected chi connectivity index (χ3v) is 6.92. The van der Waals surface area contributed by atoms with Crippen molar-refractivity contribution in [3.63, 3.8) is 0 Å². The van der Waals surface area contributed by atoms with Gasteiger partial charge in [0.2, 0.25) is 6.23 Å². The predicted octanol–water partition coefficient (Wildman–Crippen LogP) is 4.39. The molecule has 3 heterocycles. The topological polar surface area (TPSA) is 86.8 Å². The van der Waals surface area contributed by atoms with Crippen molar-refractivity contribution >= 4 is 35.3 Å². The molecule has 1 saturated heterocycles. The number of aromatic nitrogens is 1. The number of nitrogens with zero attached hydrogens (tertiary/aromatic N) is 1. The minimum Gasteiger partial charge on any atom is -0.436 e. The largest absolute Gasteiger partial charge is 0.436 e. The highest BCUT2D eigenvalue weighted by Crippen LogP contribution is 2.37. The Balaban J connectivity index is 1.37. The molecule has 2 atom stereocenters. The number of pyridine rings is 1. The van der Waals surface area contributed by atoms with Gasteiger partial charge in [-0.2, -0.15) is 0 Å². The summed E-state index contributed by atoms with van der Waals surface area (Å²) < 4.78 is 16.9. The van der Waals surface area contributed by atoms with Gasteiger partial charge in [0, 0.05) is 52.4 Å². The second-order valence-electron chi connectivity index (χ2n) is 7.94. The molecule has 178 valence electrons. The van der Waals surface area contributed by atoms with Gasteiger partial charge in [0.1, 0.15) is 5.03 Å². The lowest BCUT2D eigenvalue weighted by atomic mass is 10.0. The van der Waals surface area contributed by atoms with Crippen molar-refractivity contribution in [1.29, 1.82) is 0 Å². The molecule has 9 heteroatoms. The Bertz CT molecular complexity index is 1280. The number of hydrogen-bond acceptors (Lipinski definition) is 8. The van der Waals surface area contributed by atoms with E-state index < -0.39 is 24.0 Å². The third-order valence-electron chi connectivity index (χ3n) is 5.56. The van der Waals surface area contributed by atoms with Crippen LogP contribution < -0.4 is 5.32 Å². The molecule has 5 rings (SSSR count). The Labute approximate surface area is 211 Å². The summed E-state index contributed by atoms with van der Waals surface area (Å²) in [4.78, 5) is 29.7. The fourth-order valence-electron chi connectivity index (χ4n) is 3.96. The zero-order valence-electron chi connectivity index (χ0n) is 18.5. The fourth-order valence-corrected chi connectivity index (χ4v) is 5.10. The summed E-state index contributed by atoms with van der Waals surface area (Å²) in [6.45, 7) is 0.776. The van der Waals surface area contributed by atoms with Gasteiger partial charge in [-0.3, -0.25) is 5.32 Å². The van der Waals surface area contributed by atoms with Gasteiger partial charge in [-0.05, 0) is 29.8 Å². The van der Waals surface area contributed by atoms with Crippen molar-refractivity contribution in [1.82, 2.24) is 10.3 Å². The maximum absolute atomic E-state index is 12.2. The molecule has 0 radical (unpaired) electrons. The molecule has 1 unspecified atom stereocenters. The molecule has 0 amide bonds. The Morgan fingerprint density at radius 3 is 2.60 bits per heavy atom. The van der Waals surface area contributed by atoms with E-state index in [0.717, 1.165) is 38.8 Å². The van der Waals surface area contributed by atoms with Crippen LogP contribution >= 0.6 is 23.4 Å². The van der Waals surface area contributed by atoms with Gasteiger partial charge in [0.15, 0.2) is 0 Å². The van der Waals surface area contributed by atoms with E-state index in [1.807, 2.05) is 60.7 Å². The number of hydrogen-bond donors (Lipinski definition) is 1. The number of rotatable bonds is 5. The average molecular weight is 509 g/mol. The number of carbonyl (C=O) groups excluding carboxylic acids is 2. The number of fused-ring (bicyclic) bond motifs is 1. The molecule has 1 fully saturated rings. The van der Waals surface area contributed by atoms with Crippen molar-refractivity contribution < 1.29 is 23.8 Å². The number of esters is 2. The normalized spacial score (nSPS) is 22.8. The monoisotopic (exact) mass is 508 g/mol. The molecule has 2 aromatic carbocycles. The molecule has 35 heavy (non-hydrogen) atoms. The van der Waals surface area contributed by atoms with Crippen molar-refractivity contribution in [2.45, 2.75) is 28.4 Å². The maximum atomic E-state index is 12.2. The molecule has 0 saturated carbocycles. The lowest BCUT2D eigenvalue weighted by molar-refractivity contribution is -0.292. The zero-order valence-corrected chi connectivity index (χ0v) is 20.1. The van der Waals surface area contributed by atoms with Crippen LogP contribution in [0.15, 0.2) is 88.9 Å². The summed E-state index contributed by atoms with van der Waals surface area (Å²) in [7, 11) is 0. The standard InChI is InChI=1S/C26H21ClN2O5S/c27-21-6-2-1-4-19(21)20-5-3-13-28-24(20)35-18-9-7-17(8-10-18)16-26-25(29-14-15-32-26)33-22(30)11-12-23(31)34-26/h1-13,25,29H,14-16H2/b12-11+/t25?,26-/m0/s1. The van der Waals surface area contributed by atoms with Gasteiger partial charge in [0.05, 0.1) is 6.61 Å². The summed E-state index contributed by atoms with van der Waals surface area (Å²) in [6, 6.07) is 19.3. The first-order valence-corrected chi connectivity index (χ1v) is 12.2. The van der Waals surface area contributed by atoms with Crippen LogP contribution in [0.3, 0.4) is 0 Å². The van der Waals surface area contributed by atoms with Gasteiger partial charge >= 0.3 is 11.9 Å². The van der Waals surface area contributed by atoms with E-state index in [1.54, 1.807) is 6.20 Å². The van der Waals surface area contributed by atoms with Crippen molar-refractivity contribution in [2.24, 2.45) is 0 Å². The van der Waals surface area contributed by atoms with Crippen molar-refractivity contribution in [3.05, 3.63) is 89.6 Å². The maximum Gasteiger partial charge on any atom is 0.333 e. The molecule has 0 bridgehead atoms. The first kappa shape index (κ1) is 23.6. The quantitative estimate of drug-likeness (QED) is 0.508. The van der Waals surface area contributed by atoms with Gasteiger partial charge < -0.3 is 14.2 Å². The lowest BCUT2D eigenvalue weighted by Crippen LogP contribution is -2.63. The summed E-state index contributed by atoms with van der Waals surface area (Å²) in [6.07, 6.45) is 3.13. The van der Waals surface area contributed by atoms with E-state index in [-0.39, 0.29) is 6.42 Å². The smallest absolute Gasteiger partial charge is 0.333 e. The molecule has 2 aliphatic heterocycles. The Morgan fingerprint density at radius 1 is 1.00 bits per heavy atom. The van der Waals surface area contributed by atoms with Gasteiger partial charge in [-0.15, -0.1) is 0 Å². The first-order chi connectivity index (χ1) is 17.0. The number of ether oxygens (including phenoxy) is 3. The molecule has 3 aromatic rings. The SMILES string of the molecule is O=C1/C=C/C(=O)O[C@]2(Cc3ccc(Sc4ncccc4-c4ccccc4Cl)cc3)OCCNC2O1. The predicted molar refractivity (Wildman–Crippen MR) is 131 cm³/mol. The number of halogens is 1. The summed E-state index contributed by atoms with van der Waals surface area (Å²) >= 11 is 7.94. The molecule has 1 N–H and O–H groups in total. The Morgan fingerprint density at radius 2 is 1.77 bits per heavy atom. The summed E-state index contributed by atoms with van der Waals surface area (Å²) in [5.74, 6) is -2.75. The molecule has 7 nitrogen and oxygen atoms in total. The van der Waals surface area contributed by atoms with Crippen LogP contribution in [0.4, 0.5) is 0 Å². The highest BCUT2D eigenvalue weighted by Gasteiger charge is 2.49. The molecule has 2 aliphatic rings. The molecular weight excluding hydrogens is 488 g/mol. The van der Waals surface area contributed by atoms with Crippen LogP contribution in [0, 0.1) is 0 Å². The fraction of sp³-hybridized carbons (Fsp3) is 0.192. The van der Waals surface area contributed by atoms with Crippen LogP contribution in [-0.2, 0) is 30.2 Å². The second-order valence-corrected chi connectivity index (χ2v) is 9.41. The van der Waals surface area contributed by atoms with E-state index in [4.69, 9.17) is 25.8 Å². The van der Waals surface area contributed by atoms with E-state index >= 15 is 0 Å². The number of morpholine rings is 1. The Kier molecular flexibility index (Phi) is 6.88. The molecular formula is C26H21ClN2O5S. The minimum atomic E-state index is -1.46. The van der Waals surface area contributed by atoms with Gasteiger partial charge in [-0.1, -0.05) is 59.8 Å². The lowest BCUT2D eigenvalue weighted by Gasteiger charge is -2.42. The third kappa shape index (κ3) is 5.26. The van der Waals surface area contributed by atoms with Crippen molar-refractivity contribution in [3.8, 4) is 11.1 Å². The first-order valence-electron chi connectivity index (χ1n) is 11.0. The van der Waals surface area contributed by atoms with Crippen molar-refractivity contribution in [2.75, 3.05) is 13.2 Å². The molecule has 0 aliphatic carbocycles. The molecule has 0 spiro atoms. The van der Waals surface area contributed by atoms with E-state index in [0.29, 0.717) is 18.2 Å². The van der Waals surface area contributed by atoms with Gasteiger partial charge in [-0.25, -0.2) is 14.6 Å². The average Bonchev–Trinajstić information content (AvgIpc) is 2.85. The molecule has 1 aromatic heterocycles. The number of benzene rings is 2. The number of nitrogens with one attached hydrogen (secondary N) is 1. The summed E-state index contributed by atoms with van der Waals surface area (Å²) in [5, 5.41) is 4.57. The summed E-state index contributed by atoms with van der Waals surface area (Å²) in [5.41, 5.74) is 2.72. The Hall–Kier alpha value is -3.17. The van der Waals surface area contributed by atoms with Crippen LogP contribution in [0.25, 0.3) is 11.1 Å². The second kappa shape index (κ2) is 10.2. The van der Waals surface area contributed by atoms with Gasteiger partial charge in [0.25, 0.3) is 5.79 Å².